The Kier molecular flexibility index (Phi) is 16.1. The third-order valence-electron chi connectivity index (χ3n) is 14.9. The van der Waals surface area contributed by atoms with Crippen LogP contribution in [-0.2, 0) is 53.4 Å². The smallest absolute Gasteiger partial charge is 0.189 e. The van der Waals surface area contributed by atoms with Gasteiger partial charge < -0.3 is 28.4 Å². The lowest BCUT2D eigenvalue weighted by Crippen LogP contribution is -2.34. The average Bonchev–Trinajstić information content (AvgIpc) is 3.35. The molecule has 0 heterocycles. The number of ether oxygens (including phenoxy) is 6. The number of benzene rings is 8. The molecule has 6 nitrogen and oxygen atoms in total. The first-order chi connectivity index (χ1) is 35.0. The fraction of sp³-hybridized carbons (Fsp3) is 0.412. The molecule has 0 aliphatic heterocycles. The molecule has 8 rings (SSSR count). The van der Waals surface area contributed by atoms with Crippen molar-refractivity contribution in [2.45, 2.75) is 144 Å². The lowest BCUT2D eigenvalue weighted by molar-refractivity contribution is -0.0360. The van der Waals surface area contributed by atoms with Crippen LogP contribution in [0.25, 0.3) is 65.3 Å². The molecule has 0 fully saturated rings. The molecule has 0 aliphatic rings. The predicted molar refractivity (Wildman–Crippen MR) is 312 cm³/mol. The molecule has 0 radical (unpaired) electrons. The van der Waals surface area contributed by atoms with Gasteiger partial charge in [-0.25, -0.2) is 0 Å². The summed E-state index contributed by atoms with van der Waals surface area (Å²) < 4.78 is 38.6. The van der Waals surface area contributed by atoms with E-state index in [-0.39, 0.29) is 47.5 Å². The van der Waals surface area contributed by atoms with Gasteiger partial charge in [-0.1, -0.05) is 180 Å². The summed E-state index contributed by atoms with van der Waals surface area (Å²) in [4.78, 5) is 0. The van der Waals surface area contributed by atoms with Gasteiger partial charge in [-0.3, -0.25) is 0 Å². The first kappa shape index (κ1) is 54.5. The quantitative estimate of drug-likeness (QED) is 0.0515. The number of hydrogen-bond donors (Lipinski definition) is 0. The van der Waals surface area contributed by atoms with Crippen LogP contribution in [0.15, 0.2) is 121 Å². The summed E-state index contributed by atoms with van der Waals surface area (Å²) in [5.74, 6) is 1.56. The summed E-state index contributed by atoms with van der Waals surface area (Å²) in [5.41, 5.74) is 11.4. The van der Waals surface area contributed by atoms with Crippen LogP contribution >= 0.6 is 0 Å². The highest BCUT2D eigenvalue weighted by Crippen LogP contribution is 2.47. The molecule has 0 aromatic heterocycles. The molecule has 0 aliphatic carbocycles. The summed E-state index contributed by atoms with van der Waals surface area (Å²) in [7, 11) is 3.56. The maximum atomic E-state index is 6.83. The molecule has 0 amide bonds. The Labute approximate surface area is 442 Å². The number of hydrogen-bond acceptors (Lipinski definition) is 6. The minimum atomic E-state index is -0.372. The van der Waals surface area contributed by atoms with E-state index in [4.69, 9.17) is 28.4 Å². The van der Waals surface area contributed by atoms with E-state index < -0.39 is 0 Å². The molecule has 6 heteroatoms. The van der Waals surface area contributed by atoms with Gasteiger partial charge in [0, 0.05) is 62.5 Å². The third-order valence-corrected chi connectivity index (χ3v) is 14.9. The summed E-state index contributed by atoms with van der Waals surface area (Å²) >= 11 is 0. The predicted octanol–water partition coefficient (Wildman–Crippen LogP) is 17.4. The van der Waals surface area contributed by atoms with E-state index in [0.717, 1.165) is 44.9 Å². The summed E-state index contributed by atoms with van der Waals surface area (Å²) in [6.45, 7) is 32.6. The minimum absolute atomic E-state index is 0.00738. The Morgan fingerprint density at radius 3 is 1.07 bits per heavy atom. The van der Waals surface area contributed by atoms with Gasteiger partial charge in [-0.2, -0.15) is 0 Å². The van der Waals surface area contributed by atoms with Crippen molar-refractivity contribution in [3.8, 4) is 33.8 Å². The maximum Gasteiger partial charge on any atom is 0.189 e. The second-order valence-corrected chi connectivity index (χ2v) is 24.3. The SMILES string of the molecule is CCOCOc1c(C[C@@H](OC)[C@@H](Cc2cccc(-c3c4ccc(C(C)(C)C)cc4cc4ccc(C(C)(C)C)cc34)c2OCOCC)OC)cccc1-c1c2ccc(C(C)(C)C)cc2cc2ccc(C(C)(C)C)cc12. The highest BCUT2D eigenvalue weighted by Gasteiger charge is 2.29. The lowest BCUT2D eigenvalue weighted by Gasteiger charge is -2.28. The zero-order valence-electron chi connectivity index (χ0n) is 47.4. The molecule has 74 heavy (non-hydrogen) atoms. The van der Waals surface area contributed by atoms with Gasteiger partial charge in [-0.05, 0) is 136 Å². The van der Waals surface area contributed by atoms with Gasteiger partial charge in [0.15, 0.2) is 13.6 Å². The van der Waals surface area contributed by atoms with Crippen LogP contribution in [0.2, 0.25) is 0 Å². The molecule has 0 N–H and O–H groups in total. The largest absolute Gasteiger partial charge is 0.467 e. The van der Waals surface area contributed by atoms with Crippen molar-refractivity contribution in [1.82, 2.24) is 0 Å². The van der Waals surface area contributed by atoms with Gasteiger partial charge in [-0.15, -0.1) is 0 Å². The standard InChI is InChI=1S/C68H82O6/c1-17-71-41-73-63-45(21-19-23-55(63)61-53-31-29-49(65(3,4)5)35-47(53)33-43-25-27-51(39-57(43)61)67(9,10)11)37-59(69-15)60(70-16)38-46-22-20-24-56(64(46)74-42-72-18-2)62-54-32-30-50(66(6,7)8)36-48(54)34-44-26-28-52(40-58(44)62)68(12,13)14/h19-36,39-40,59-60H,17-18,37-38,41-42H2,1-16H3/t59-,60-/m1/s1. The Bertz CT molecular complexity index is 3060. The molecule has 0 saturated carbocycles. The highest BCUT2D eigenvalue weighted by atomic mass is 16.7. The van der Waals surface area contributed by atoms with Gasteiger partial charge in [0.05, 0.1) is 12.2 Å². The van der Waals surface area contributed by atoms with Gasteiger partial charge in [0.1, 0.15) is 11.5 Å². The monoisotopic (exact) mass is 995 g/mol. The molecule has 0 spiro atoms. The lowest BCUT2D eigenvalue weighted by atomic mass is 9.81. The second kappa shape index (κ2) is 21.8. The van der Waals surface area contributed by atoms with Crippen molar-refractivity contribution < 1.29 is 28.4 Å². The normalized spacial score (nSPS) is 13.6. The van der Waals surface area contributed by atoms with Crippen LogP contribution in [-0.4, -0.2) is 53.2 Å². The van der Waals surface area contributed by atoms with Crippen molar-refractivity contribution in [1.29, 1.82) is 0 Å². The summed E-state index contributed by atoms with van der Waals surface area (Å²) in [5, 5.41) is 9.50. The Balaban J connectivity index is 1.27. The molecule has 0 saturated heterocycles. The fourth-order valence-corrected chi connectivity index (χ4v) is 10.4. The summed E-state index contributed by atoms with van der Waals surface area (Å²) in [6.07, 6.45) is 0.289. The molecule has 0 bridgehead atoms. The van der Waals surface area contributed by atoms with Crippen molar-refractivity contribution in [3.05, 3.63) is 155 Å². The van der Waals surface area contributed by atoms with Crippen molar-refractivity contribution >= 4 is 43.1 Å². The van der Waals surface area contributed by atoms with Gasteiger partial charge in [0.25, 0.3) is 0 Å². The first-order valence-corrected chi connectivity index (χ1v) is 26.8. The fourth-order valence-electron chi connectivity index (χ4n) is 10.4. The van der Waals surface area contributed by atoms with Crippen LogP contribution in [0.4, 0.5) is 0 Å². The third kappa shape index (κ3) is 11.5. The van der Waals surface area contributed by atoms with E-state index in [2.05, 4.69) is 204 Å². The summed E-state index contributed by atoms with van der Waals surface area (Å²) in [6, 6.07) is 45.5. The Hall–Kier alpha value is -5.76. The topological polar surface area (TPSA) is 55.4 Å². The molecule has 2 atom stereocenters. The molecular formula is C68H82O6. The van der Waals surface area contributed by atoms with Crippen LogP contribution in [0, 0.1) is 0 Å². The zero-order valence-corrected chi connectivity index (χ0v) is 47.4. The average molecular weight is 995 g/mol. The number of rotatable bonds is 17. The molecular weight excluding hydrogens is 913 g/mol. The minimum Gasteiger partial charge on any atom is -0.467 e. The molecule has 8 aromatic rings. The number of para-hydroxylation sites is 2. The van der Waals surface area contributed by atoms with E-state index in [1.54, 1.807) is 14.2 Å². The van der Waals surface area contributed by atoms with Crippen LogP contribution < -0.4 is 9.47 Å². The van der Waals surface area contributed by atoms with E-state index in [1.807, 2.05) is 13.8 Å². The van der Waals surface area contributed by atoms with Gasteiger partial charge >= 0.3 is 0 Å². The number of methoxy groups -OCH3 is 2. The Morgan fingerprint density at radius 2 is 0.730 bits per heavy atom. The molecule has 0 unspecified atom stereocenters. The molecule has 390 valence electrons. The Morgan fingerprint density at radius 1 is 0.378 bits per heavy atom. The maximum absolute atomic E-state index is 6.83. The molecule has 8 aromatic carbocycles. The first-order valence-electron chi connectivity index (χ1n) is 26.8. The van der Waals surface area contributed by atoms with Crippen molar-refractivity contribution in [3.63, 3.8) is 0 Å². The van der Waals surface area contributed by atoms with Crippen LogP contribution in [0.1, 0.15) is 130 Å². The second-order valence-electron chi connectivity index (χ2n) is 24.3. The van der Waals surface area contributed by atoms with Crippen LogP contribution in [0.3, 0.4) is 0 Å². The van der Waals surface area contributed by atoms with E-state index in [1.165, 1.54) is 65.3 Å². The van der Waals surface area contributed by atoms with Crippen molar-refractivity contribution in [2.75, 3.05) is 41.0 Å². The highest BCUT2D eigenvalue weighted by molar-refractivity contribution is 6.15. The van der Waals surface area contributed by atoms with E-state index in [0.29, 0.717) is 26.1 Å². The van der Waals surface area contributed by atoms with Gasteiger partial charge in [0.2, 0.25) is 0 Å². The zero-order chi connectivity index (χ0) is 53.3. The van der Waals surface area contributed by atoms with E-state index in [9.17, 15) is 0 Å². The van der Waals surface area contributed by atoms with Crippen molar-refractivity contribution in [2.24, 2.45) is 0 Å². The van der Waals surface area contributed by atoms with Crippen LogP contribution in [0.5, 0.6) is 11.5 Å². The van der Waals surface area contributed by atoms with E-state index >= 15 is 0 Å². The number of fused-ring (bicyclic) bond motifs is 4.